The van der Waals surface area contributed by atoms with Crippen LogP contribution in [0, 0.1) is 0 Å². The Balaban J connectivity index is 0.000000216. The van der Waals surface area contributed by atoms with E-state index >= 15 is 0 Å². The number of hydrogen-bond acceptors (Lipinski definition) is 8. The van der Waals surface area contributed by atoms with E-state index < -0.39 is 0 Å². The molecule has 0 spiro atoms. The lowest BCUT2D eigenvalue weighted by atomic mass is 10.1. The number of anilines is 8. The fourth-order valence-corrected chi connectivity index (χ4v) is 4.88. The fourth-order valence-electron chi connectivity index (χ4n) is 4.88. The minimum atomic E-state index is 0. The average molecular weight is 672 g/mol. The van der Waals surface area contributed by atoms with Crippen molar-refractivity contribution in [1.82, 2.24) is 19.9 Å². The van der Waals surface area contributed by atoms with Gasteiger partial charge in [0.15, 0.2) is 23.3 Å². The van der Waals surface area contributed by atoms with Gasteiger partial charge in [-0.05, 0) is 96.5 Å². The topological polar surface area (TPSA) is 99.7 Å². The van der Waals surface area contributed by atoms with Crippen LogP contribution in [-0.4, -0.2) is 19.9 Å². The van der Waals surface area contributed by atoms with Gasteiger partial charge in [0.1, 0.15) is 0 Å². The molecule has 0 bridgehead atoms. The van der Waals surface area contributed by atoms with E-state index in [0.717, 1.165) is 48.4 Å². The number of halogens is 1. The fraction of sp³-hybridized carbons (Fsp3) is 0.200. The number of rotatable bonds is 12. The summed E-state index contributed by atoms with van der Waals surface area (Å²) >= 11 is 0. The van der Waals surface area contributed by atoms with Crippen LogP contribution in [0.3, 0.4) is 0 Å². The quantitative estimate of drug-likeness (QED) is 0.109. The maximum absolute atomic E-state index is 4.41. The molecule has 0 aliphatic rings. The van der Waals surface area contributed by atoms with Gasteiger partial charge in [-0.25, -0.2) is 19.9 Å². The van der Waals surface area contributed by atoms with E-state index in [0.29, 0.717) is 23.3 Å². The van der Waals surface area contributed by atoms with Crippen LogP contribution in [0.2, 0.25) is 0 Å². The highest BCUT2D eigenvalue weighted by Gasteiger charge is 2.08. The number of hydrogen-bond donors (Lipinski definition) is 4. The highest BCUT2D eigenvalue weighted by molar-refractivity contribution is 5.73. The zero-order chi connectivity index (χ0) is 33.6. The van der Waals surface area contributed by atoms with E-state index in [-0.39, 0.29) is 12.4 Å². The third kappa shape index (κ3) is 10.8. The third-order valence-corrected chi connectivity index (χ3v) is 7.90. The van der Waals surface area contributed by atoms with Gasteiger partial charge >= 0.3 is 0 Å². The molecule has 9 heteroatoms. The number of aryl methyl sites for hydroxylation is 4. The molecular weight excluding hydrogens is 628 g/mol. The molecular formula is C40H44ClN8-. The molecule has 6 rings (SSSR count). The van der Waals surface area contributed by atoms with Gasteiger partial charge in [-0.15, -0.1) is 0 Å². The van der Waals surface area contributed by atoms with Crippen molar-refractivity contribution in [1.29, 1.82) is 0 Å². The van der Waals surface area contributed by atoms with Crippen molar-refractivity contribution >= 4 is 46.0 Å². The molecule has 4 N–H and O–H groups in total. The highest BCUT2D eigenvalue weighted by Crippen LogP contribution is 2.26. The molecule has 0 unspecified atom stereocenters. The Hall–Kier alpha value is -5.47. The van der Waals surface area contributed by atoms with E-state index in [4.69, 9.17) is 0 Å². The van der Waals surface area contributed by atoms with Gasteiger partial charge < -0.3 is 33.7 Å². The minimum absolute atomic E-state index is 0. The van der Waals surface area contributed by atoms with Crippen LogP contribution in [0.25, 0.3) is 0 Å². The molecule has 4 aromatic carbocycles. The number of aromatic nitrogens is 4. The Labute approximate surface area is 296 Å². The standard InChI is InChI=1S/2C20H22N4.ClH/c2*1-3-15-5-9-17(10-6-15)23-19-20(22-14-13-21-19)24-18-11-7-16(4-2)8-12-18;/h2*5-14H,3-4H2,1-2H3,(H,21,23)(H,22,24);1H/p-1. The molecule has 0 fully saturated rings. The summed E-state index contributed by atoms with van der Waals surface area (Å²) in [6.07, 6.45) is 10.9. The second-order valence-corrected chi connectivity index (χ2v) is 11.2. The summed E-state index contributed by atoms with van der Waals surface area (Å²) in [5.41, 5.74) is 9.24. The van der Waals surface area contributed by atoms with Gasteiger partial charge in [0, 0.05) is 47.5 Å². The van der Waals surface area contributed by atoms with Gasteiger partial charge in [0.25, 0.3) is 0 Å². The smallest absolute Gasteiger partial charge is 0.173 e. The van der Waals surface area contributed by atoms with Crippen molar-refractivity contribution in [3.63, 3.8) is 0 Å². The summed E-state index contributed by atoms with van der Waals surface area (Å²) < 4.78 is 0. The van der Waals surface area contributed by atoms with Crippen LogP contribution in [0.4, 0.5) is 46.0 Å². The van der Waals surface area contributed by atoms with Gasteiger partial charge in [-0.3, -0.25) is 0 Å². The Morgan fingerprint density at radius 3 is 0.673 bits per heavy atom. The molecule has 252 valence electrons. The second-order valence-electron chi connectivity index (χ2n) is 11.2. The van der Waals surface area contributed by atoms with Gasteiger partial charge in [-0.2, -0.15) is 0 Å². The van der Waals surface area contributed by atoms with Gasteiger partial charge in [0.2, 0.25) is 0 Å². The van der Waals surface area contributed by atoms with E-state index in [9.17, 15) is 0 Å². The van der Waals surface area contributed by atoms with Crippen LogP contribution in [-0.2, 0) is 25.7 Å². The molecule has 2 aromatic heterocycles. The molecule has 0 atom stereocenters. The van der Waals surface area contributed by atoms with E-state index in [1.54, 1.807) is 24.8 Å². The molecule has 0 radical (unpaired) electrons. The predicted molar refractivity (Wildman–Crippen MR) is 200 cm³/mol. The van der Waals surface area contributed by atoms with Crippen LogP contribution < -0.4 is 33.7 Å². The summed E-state index contributed by atoms with van der Waals surface area (Å²) in [6, 6.07) is 33.5. The summed E-state index contributed by atoms with van der Waals surface area (Å²) in [6.45, 7) is 8.60. The lowest BCUT2D eigenvalue weighted by molar-refractivity contribution is -0.00000997. The summed E-state index contributed by atoms with van der Waals surface area (Å²) in [7, 11) is 0. The van der Waals surface area contributed by atoms with Crippen LogP contribution in [0.5, 0.6) is 0 Å². The maximum Gasteiger partial charge on any atom is 0.173 e. The van der Waals surface area contributed by atoms with Crippen molar-refractivity contribution in [3.8, 4) is 0 Å². The van der Waals surface area contributed by atoms with E-state index in [2.05, 4.69) is 166 Å². The zero-order valence-corrected chi connectivity index (χ0v) is 29.3. The monoisotopic (exact) mass is 671 g/mol. The Morgan fingerprint density at radius 2 is 0.510 bits per heavy atom. The maximum atomic E-state index is 4.41. The van der Waals surface area contributed by atoms with Gasteiger partial charge in [0.05, 0.1) is 0 Å². The first-order valence-corrected chi connectivity index (χ1v) is 16.6. The lowest BCUT2D eigenvalue weighted by Crippen LogP contribution is -3.00. The molecule has 0 saturated heterocycles. The van der Waals surface area contributed by atoms with Crippen LogP contribution in [0.1, 0.15) is 49.9 Å². The first-order valence-electron chi connectivity index (χ1n) is 16.6. The second kappa shape index (κ2) is 18.8. The normalized spacial score (nSPS) is 10.2. The van der Waals surface area contributed by atoms with Crippen molar-refractivity contribution < 1.29 is 12.4 Å². The molecule has 0 aliphatic carbocycles. The Bertz CT molecular complexity index is 1570. The minimum Gasteiger partial charge on any atom is -1.00 e. The zero-order valence-electron chi connectivity index (χ0n) is 28.5. The molecule has 49 heavy (non-hydrogen) atoms. The number of benzene rings is 4. The van der Waals surface area contributed by atoms with Crippen molar-refractivity contribution in [2.24, 2.45) is 0 Å². The molecule has 6 aromatic rings. The predicted octanol–water partition coefficient (Wildman–Crippen LogP) is 7.18. The highest BCUT2D eigenvalue weighted by atomic mass is 35.5. The van der Waals surface area contributed by atoms with Crippen molar-refractivity contribution in [2.45, 2.75) is 53.4 Å². The van der Waals surface area contributed by atoms with E-state index in [1.165, 1.54) is 22.3 Å². The Morgan fingerprint density at radius 1 is 0.327 bits per heavy atom. The van der Waals surface area contributed by atoms with Gasteiger partial charge in [-0.1, -0.05) is 76.2 Å². The Kier molecular flexibility index (Phi) is 13.9. The summed E-state index contributed by atoms with van der Waals surface area (Å²) in [5, 5.41) is 13.3. The molecule has 0 saturated carbocycles. The summed E-state index contributed by atoms with van der Waals surface area (Å²) in [5.74, 6) is 2.84. The van der Waals surface area contributed by atoms with E-state index in [1.807, 2.05) is 0 Å². The summed E-state index contributed by atoms with van der Waals surface area (Å²) in [4.78, 5) is 17.6. The number of nitrogens with one attached hydrogen (secondary N) is 4. The van der Waals surface area contributed by atoms with Crippen molar-refractivity contribution in [3.05, 3.63) is 144 Å². The molecule has 2 heterocycles. The molecule has 8 nitrogen and oxygen atoms in total. The first-order chi connectivity index (χ1) is 23.6. The average Bonchev–Trinajstić information content (AvgIpc) is 3.15. The first kappa shape index (κ1) is 36.4. The third-order valence-electron chi connectivity index (χ3n) is 7.90. The molecule has 0 aliphatic heterocycles. The van der Waals surface area contributed by atoms with Crippen LogP contribution >= 0.6 is 0 Å². The van der Waals surface area contributed by atoms with Crippen LogP contribution in [0.15, 0.2) is 122 Å². The largest absolute Gasteiger partial charge is 1.00 e. The SMILES string of the molecule is CCc1ccc(Nc2nccnc2Nc2ccc(CC)cc2)cc1.CCc1ccc(Nc2nccnc2Nc2ccc(CC)cc2)cc1.[Cl-]. The number of nitrogens with zero attached hydrogens (tertiary/aromatic N) is 4. The lowest BCUT2D eigenvalue weighted by Gasteiger charge is -2.12. The van der Waals surface area contributed by atoms with Crippen molar-refractivity contribution in [2.75, 3.05) is 21.3 Å². The molecule has 0 amide bonds.